The molecule has 0 aromatic rings. The summed E-state index contributed by atoms with van der Waals surface area (Å²) in [7, 11) is 0. The van der Waals surface area contributed by atoms with Crippen molar-refractivity contribution in [2.75, 3.05) is 19.6 Å². The highest BCUT2D eigenvalue weighted by atomic mass is 16.4. The number of carbonyl (C=O) groups is 2. The van der Waals surface area contributed by atoms with Gasteiger partial charge in [-0.15, -0.1) is 0 Å². The lowest BCUT2D eigenvalue weighted by atomic mass is 9.99. The summed E-state index contributed by atoms with van der Waals surface area (Å²) < 4.78 is 0. The van der Waals surface area contributed by atoms with Gasteiger partial charge in [-0.25, -0.2) is 4.79 Å². The smallest absolute Gasteiger partial charge is 0.326 e. The highest BCUT2D eigenvalue weighted by Gasteiger charge is 2.25. The Morgan fingerprint density at radius 1 is 1.33 bits per heavy atom. The molecule has 18 heavy (non-hydrogen) atoms. The average Bonchev–Trinajstić information content (AvgIpc) is 2.28. The van der Waals surface area contributed by atoms with Gasteiger partial charge in [0.15, 0.2) is 0 Å². The van der Waals surface area contributed by atoms with E-state index >= 15 is 0 Å². The standard InChI is InChI=1S/C13H24N2O3/c1-9(2)12(13(17)18)14-11(16)8-15-6-4-10(3)5-7-15/h9-10,12H,4-8H2,1-3H3,(H,14,16)(H,17,18). The van der Waals surface area contributed by atoms with E-state index in [1.54, 1.807) is 13.8 Å². The van der Waals surface area contributed by atoms with Gasteiger partial charge in [0.05, 0.1) is 6.54 Å². The van der Waals surface area contributed by atoms with E-state index in [0.717, 1.165) is 31.8 Å². The fraction of sp³-hybridized carbons (Fsp3) is 0.846. The first-order valence-corrected chi connectivity index (χ1v) is 6.64. The molecule has 0 spiro atoms. The first kappa shape index (κ1) is 15.0. The molecule has 0 aromatic carbocycles. The number of nitrogens with one attached hydrogen (secondary N) is 1. The van der Waals surface area contributed by atoms with E-state index in [0.29, 0.717) is 6.54 Å². The van der Waals surface area contributed by atoms with Gasteiger partial charge in [0.2, 0.25) is 5.91 Å². The van der Waals surface area contributed by atoms with Crippen LogP contribution in [-0.4, -0.2) is 47.6 Å². The third-order valence-electron chi connectivity index (χ3n) is 3.49. The van der Waals surface area contributed by atoms with E-state index in [9.17, 15) is 9.59 Å². The third-order valence-corrected chi connectivity index (χ3v) is 3.49. The molecular weight excluding hydrogens is 232 g/mol. The van der Waals surface area contributed by atoms with Gasteiger partial charge in [-0.3, -0.25) is 9.69 Å². The largest absolute Gasteiger partial charge is 0.480 e. The van der Waals surface area contributed by atoms with Crippen LogP contribution in [0.4, 0.5) is 0 Å². The summed E-state index contributed by atoms with van der Waals surface area (Å²) in [5.74, 6) is -0.532. The molecule has 1 atom stereocenters. The molecule has 1 aliphatic heterocycles. The maximum absolute atomic E-state index is 11.8. The maximum atomic E-state index is 11.8. The number of hydrogen-bond acceptors (Lipinski definition) is 3. The molecule has 2 N–H and O–H groups in total. The van der Waals surface area contributed by atoms with Crippen molar-refractivity contribution in [3.63, 3.8) is 0 Å². The zero-order valence-corrected chi connectivity index (χ0v) is 11.5. The van der Waals surface area contributed by atoms with Gasteiger partial charge >= 0.3 is 5.97 Å². The molecule has 0 saturated carbocycles. The van der Waals surface area contributed by atoms with Crippen LogP contribution in [0, 0.1) is 11.8 Å². The van der Waals surface area contributed by atoms with Crippen LogP contribution in [0.2, 0.25) is 0 Å². The number of carboxylic acids is 1. The SMILES string of the molecule is CC1CCN(CC(=O)NC(C(=O)O)C(C)C)CC1. The van der Waals surface area contributed by atoms with Gasteiger partial charge in [0, 0.05) is 0 Å². The number of hydrogen-bond donors (Lipinski definition) is 2. The Hall–Kier alpha value is -1.10. The number of carboxylic acid groups (broad SMARTS) is 1. The Bertz CT molecular complexity index is 297. The lowest BCUT2D eigenvalue weighted by Gasteiger charge is -2.30. The molecule has 5 heteroatoms. The van der Waals surface area contributed by atoms with Crippen LogP contribution in [0.25, 0.3) is 0 Å². The lowest BCUT2D eigenvalue weighted by molar-refractivity contribution is -0.143. The zero-order valence-electron chi connectivity index (χ0n) is 11.5. The van der Waals surface area contributed by atoms with Crippen LogP contribution in [0.1, 0.15) is 33.6 Å². The van der Waals surface area contributed by atoms with Crippen molar-refractivity contribution in [3.8, 4) is 0 Å². The fourth-order valence-electron chi connectivity index (χ4n) is 2.16. The number of likely N-dealkylation sites (tertiary alicyclic amines) is 1. The van der Waals surface area contributed by atoms with Crippen LogP contribution in [0.5, 0.6) is 0 Å². The van der Waals surface area contributed by atoms with E-state index in [4.69, 9.17) is 5.11 Å². The zero-order chi connectivity index (χ0) is 13.7. The predicted octanol–water partition coefficient (Wildman–Crippen LogP) is 0.944. The molecule has 1 heterocycles. The molecule has 0 aliphatic carbocycles. The minimum Gasteiger partial charge on any atom is -0.480 e. The highest BCUT2D eigenvalue weighted by Crippen LogP contribution is 2.15. The van der Waals surface area contributed by atoms with Crippen LogP contribution >= 0.6 is 0 Å². The molecule has 0 aromatic heterocycles. The van der Waals surface area contributed by atoms with E-state index in [2.05, 4.69) is 17.1 Å². The number of amides is 1. The first-order valence-electron chi connectivity index (χ1n) is 6.64. The van der Waals surface area contributed by atoms with Crippen LogP contribution in [0.15, 0.2) is 0 Å². The molecule has 0 bridgehead atoms. The number of nitrogens with zero attached hydrogens (tertiary/aromatic N) is 1. The minimum absolute atomic E-state index is 0.104. The molecule has 1 unspecified atom stereocenters. The summed E-state index contributed by atoms with van der Waals surface area (Å²) >= 11 is 0. The number of aliphatic carboxylic acids is 1. The molecular formula is C13H24N2O3. The summed E-state index contributed by atoms with van der Waals surface area (Å²) in [6.45, 7) is 7.96. The van der Waals surface area contributed by atoms with Crippen molar-refractivity contribution in [2.24, 2.45) is 11.8 Å². The summed E-state index contributed by atoms with van der Waals surface area (Å²) in [6, 6.07) is -0.791. The van der Waals surface area contributed by atoms with E-state index in [1.165, 1.54) is 0 Å². The quantitative estimate of drug-likeness (QED) is 0.768. The van der Waals surface area contributed by atoms with Gasteiger partial charge in [0.25, 0.3) is 0 Å². The Balaban J connectivity index is 2.38. The summed E-state index contributed by atoms with van der Waals surface area (Å²) in [6.07, 6.45) is 2.22. The first-order chi connectivity index (χ1) is 8.40. The topological polar surface area (TPSA) is 69.6 Å². The van der Waals surface area contributed by atoms with Crippen molar-refractivity contribution >= 4 is 11.9 Å². The van der Waals surface area contributed by atoms with Crippen LogP contribution in [-0.2, 0) is 9.59 Å². The molecule has 0 radical (unpaired) electrons. The van der Waals surface area contributed by atoms with Crippen molar-refractivity contribution < 1.29 is 14.7 Å². The van der Waals surface area contributed by atoms with Gasteiger partial charge in [0.1, 0.15) is 6.04 Å². The van der Waals surface area contributed by atoms with Gasteiger partial charge < -0.3 is 10.4 Å². The maximum Gasteiger partial charge on any atom is 0.326 e. The molecule has 1 amide bonds. The monoisotopic (exact) mass is 256 g/mol. The van der Waals surface area contributed by atoms with Crippen molar-refractivity contribution in [1.29, 1.82) is 0 Å². The van der Waals surface area contributed by atoms with Gasteiger partial charge in [-0.05, 0) is 37.8 Å². The Morgan fingerprint density at radius 2 is 1.89 bits per heavy atom. The molecule has 1 saturated heterocycles. The van der Waals surface area contributed by atoms with Crippen molar-refractivity contribution in [3.05, 3.63) is 0 Å². The Kier molecular flexibility index (Phi) is 5.59. The summed E-state index contributed by atoms with van der Waals surface area (Å²) in [5.41, 5.74) is 0. The van der Waals surface area contributed by atoms with E-state index in [-0.39, 0.29) is 11.8 Å². The Labute approximate surface area is 109 Å². The van der Waals surface area contributed by atoms with Crippen LogP contribution in [0.3, 0.4) is 0 Å². The van der Waals surface area contributed by atoms with Crippen molar-refractivity contribution in [2.45, 2.75) is 39.7 Å². The predicted molar refractivity (Wildman–Crippen MR) is 69.2 cm³/mol. The number of rotatable bonds is 5. The molecule has 1 fully saturated rings. The number of piperidine rings is 1. The fourth-order valence-corrected chi connectivity index (χ4v) is 2.16. The van der Waals surface area contributed by atoms with Gasteiger partial charge in [-0.2, -0.15) is 0 Å². The molecule has 104 valence electrons. The van der Waals surface area contributed by atoms with Crippen LogP contribution < -0.4 is 5.32 Å². The van der Waals surface area contributed by atoms with Crippen molar-refractivity contribution in [1.82, 2.24) is 10.2 Å². The van der Waals surface area contributed by atoms with E-state index < -0.39 is 12.0 Å². The molecule has 1 rings (SSSR count). The van der Waals surface area contributed by atoms with Gasteiger partial charge in [-0.1, -0.05) is 20.8 Å². The lowest BCUT2D eigenvalue weighted by Crippen LogP contribution is -2.49. The summed E-state index contributed by atoms with van der Waals surface area (Å²) in [5, 5.41) is 11.6. The van der Waals surface area contributed by atoms with E-state index in [1.807, 2.05) is 0 Å². The molecule has 1 aliphatic rings. The minimum atomic E-state index is -0.967. The second-order valence-corrected chi connectivity index (χ2v) is 5.59. The normalized spacial score (nSPS) is 19.8. The second-order valence-electron chi connectivity index (χ2n) is 5.59. The average molecular weight is 256 g/mol. The summed E-state index contributed by atoms with van der Waals surface area (Å²) in [4.78, 5) is 24.9. The third kappa shape index (κ3) is 4.64. The Morgan fingerprint density at radius 3 is 2.33 bits per heavy atom. The second kappa shape index (κ2) is 6.73. The number of carbonyl (C=O) groups excluding carboxylic acids is 1. The highest BCUT2D eigenvalue weighted by molar-refractivity contribution is 5.84. The molecule has 5 nitrogen and oxygen atoms in total.